The summed E-state index contributed by atoms with van der Waals surface area (Å²) in [5, 5.41) is 0. The van der Waals surface area contributed by atoms with E-state index in [2.05, 4.69) is 69.4 Å². The second kappa shape index (κ2) is 46.1. The molecule has 0 N–H and O–H groups in total. The van der Waals surface area contributed by atoms with Crippen LogP contribution in [0.15, 0.2) is 48.6 Å². The summed E-state index contributed by atoms with van der Waals surface area (Å²) in [6, 6.07) is 0. The Balaban J connectivity index is 4.38. The van der Waals surface area contributed by atoms with E-state index in [1.807, 2.05) is 0 Å². The Hall–Kier alpha value is -2.63. The first-order valence-electron chi connectivity index (χ1n) is 24.1. The van der Waals surface area contributed by atoms with Crippen molar-refractivity contribution in [1.29, 1.82) is 0 Å². The number of hydrogen-bond donors (Lipinski definition) is 0. The molecule has 0 bridgehead atoms. The smallest absolute Gasteiger partial charge is 0.306 e. The van der Waals surface area contributed by atoms with Crippen molar-refractivity contribution in [3.63, 3.8) is 0 Å². The monoisotopic (exact) mass is 799 g/mol. The van der Waals surface area contributed by atoms with Gasteiger partial charge in [0.1, 0.15) is 13.2 Å². The molecule has 0 fully saturated rings. The highest BCUT2D eigenvalue weighted by molar-refractivity contribution is 5.71. The molecule has 0 aliphatic heterocycles. The minimum atomic E-state index is -0.780. The van der Waals surface area contributed by atoms with Crippen LogP contribution in [0.5, 0.6) is 0 Å². The van der Waals surface area contributed by atoms with E-state index in [1.165, 1.54) is 89.9 Å². The summed E-state index contributed by atoms with van der Waals surface area (Å²) in [6.45, 7) is 6.48. The number of ether oxygens (including phenoxy) is 3. The van der Waals surface area contributed by atoms with Crippen molar-refractivity contribution in [1.82, 2.24) is 0 Å². The Morgan fingerprint density at radius 3 is 1.09 bits per heavy atom. The first kappa shape index (κ1) is 54.4. The summed E-state index contributed by atoms with van der Waals surface area (Å²) < 4.78 is 16.7. The molecule has 0 unspecified atom stereocenters. The van der Waals surface area contributed by atoms with Crippen molar-refractivity contribution < 1.29 is 28.6 Å². The molecule has 0 radical (unpaired) electrons. The van der Waals surface area contributed by atoms with Gasteiger partial charge in [0.15, 0.2) is 6.10 Å². The van der Waals surface area contributed by atoms with Crippen molar-refractivity contribution in [2.24, 2.45) is 0 Å². The lowest BCUT2D eigenvalue weighted by molar-refractivity contribution is -0.167. The average Bonchev–Trinajstić information content (AvgIpc) is 3.21. The predicted octanol–water partition coefficient (Wildman–Crippen LogP) is 15.5. The van der Waals surface area contributed by atoms with Gasteiger partial charge in [-0.25, -0.2) is 0 Å². The quantitative estimate of drug-likeness (QED) is 0.0265. The standard InChI is InChI=1S/C51H90O6/c1-4-7-10-13-16-19-21-23-25-27-29-32-35-38-41-44-50(53)56-47-48(46-55-49(52)43-40-37-34-31-18-15-12-9-6-3)57-51(54)45-42-39-36-33-30-28-26-24-22-20-17-14-11-8-5-2/h7,10,16,19,23-26,48H,4-6,8-9,11-15,17-18,20-22,27-47H2,1-3H3/b10-7-,19-16-,25-23-,26-24-/t48-/m1/s1. The molecule has 330 valence electrons. The highest BCUT2D eigenvalue weighted by Crippen LogP contribution is 2.14. The third-order valence-corrected chi connectivity index (χ3v) is 10.3. The highest BCUT2D eigenvalue weighted by Gasteiger charge is 2.19. The molecule has 0 amide bonds. The minimum Gasteiger partial charge on any atom is -0.462 e. The van der Waals surface area contributed by atoms with Crippen molar-refractivity contribution in [2.75, 3.05) is 13.2 Å². The Bertz CT molecular complexity index is 1010. The molecule has 0 spiro atoms. The van der Waals surface area contributed by atoms with Gasteiger partial charge in [0.05, 0.1) is 0 Å². The molecule has 6 nitrogen and oxygen atoms in total. The van der Waals surface area contributed by atoms with Crippen molar-refractivity contribution >= 4 is 17.9 Å². The average molecular weight is 799 g/mol. The van der Waals surface area contributed by atoms with Crippen molar-refractivity contribution in [3.8, 4) is 0 Å². The van der Waals surface area contributed by atoms with E-state index in [0.717, 1.165) is 109 Å². The van der Waals surface area contributed by atoms with E-state index < -0.39 is 6.10 Å². The van der Waals surface area contributed by atoms with Crippen LogP contribution >= 0.6 is 0 Å². The topological polar surface area (TPSA) is 78.9 Å². The summed E-state index contributed by atoms with van der Waals surface area (Å²) in [5.41, 5.74) is 0. The Morgan fingerprint density at radius 2 is 0.684 bits per heavy atom. The van der Waals surface area contributed by atoms with Crippen LogP contribution in [0.2, 0.25) is 0 Å². The first-order chi connectivity index (χ1) is 28.0. The molecular formula is C51H90O6. The van der Waals surface area contributed by atoms with E-state index in [0.29, 0.717) is 19.3 Å². The van der Waals surface area contributed by atoms with Crippen LogP contribution in [0, 0.1) is 0 Å². The third-order valence-electron chi connectivity index (χ3n) is 10.3. The maximum atomic E-state index is 12.7. The molecule has 0 saturated heterocycles. The van der Waals surface area contributed by atoms with Gasteiger partial charge in [-0.15, -0.1) is 0 Å². The second-order valence-electron chi connectivity index (χ2n) is 16.0. The SMILES string of the molecule is CC/C=C\C/C=C\C/C=C\CCCCCCCC(=O)OC[C@@H](COC(=O)CCCCCCCCCCC)OC(=O)CCCCCCC/C=C\CCCCCCCC. The molecule has 0 heterocycles. The normalized spacial score (nSPS) is 12.4. The summed E-state index contributed by atoms with van der Waals surface area (Å²) in [4.78, 5) is 37.8. The fraction of sp³-hybridized carbons (Fsp3) is 0.784. The van der Waals surface area contributed by atoms with Crippen LogP contribution < -0.4 is 0 Å². The van der Waals surface area contributed by atoms with Gasteiger partial charge >= 0.3 is 17.9 Å². The zero-order valence-corrected chi connectivity index (χ0v) is 37.6. The molecule has 0 aromatic carbocycles. The highest BCUT2D eigenvalue weighted by atomic mass is 16.6. The van der Waals surface area contributed by atoms with Gasteiger partial charge in [0.2, 0.25) is 0 Å². The summed E-state index contributed by atoms with van der Waals surface area (Å²) in [6.07, 6.45) is 53.8. The minimum absolute atomic E-state index is 0.0807. The zero-order chi connectivity index (χ0) is 41.5. The van der Waals surface area contributed by atoms with Crippen LogP contribution in [0.25, 0.3) is 0 Å². The number of rotatable bonds is 43. The second-order valence-corrected chi connectivity index (χ2v) is 16.0. The number of hydrogen-bond acceptors (Lipinski definition) is 6. The number of esters is 3. The fourth-order valence-electron chi connectivity index (χ4n) is 6.69. The summed E-state index contributed by atoms with van der Waals surface area (Å²) >= 11 is 0. The Labute approximate surface area is 352 Å². The molecule has 0 aromatic rings. The molecular weight excluding hydrogens is 709 g/mol. The van der Waals surface area contributed by atoms with Crippen LogP contribution in [0.1, 0.15) is 239 Å². The van der Waals surface area contributed by atoms with Gasteiger partial charge in [0.25, 0.3) is 0 Å². The van der Waals surface area contributed by atoms with Gasteiger partial charge in [-0.2, -0.15) is 0 Å². The van der Waals surface area contributed by atoms with Gasteiger partial charge in [-0.05, 0) is 77.0 Å². The zero-order valence-electron chi connectivity index (χ0n) is 37.6. The van der Waals surface area contributed by atoms with Gasteiger partial charge in [0, 0.05) is 19.3 Å². The lowest BCUT2D eigenvalue weighted by Gasteiger charge is -2.18. The van der Waals surface area contributed by atoms with Gasteiger partial charge < -0.3 is 14.2 Å². The third kappa shape index (κ3) is 44.3. The van der Waals surface area contributed by atoms with E-state index in [-0.39, 0.29) is 31.1 Å². The molecule has 0 rings (SSSR count). The Kier molecular flexibility index (Phi) is 43.9. The largest absolute Gasteiger partial charge is 0.462 e. The number of carbonyl (C=O) groups excluding carboxylic acids is 3. The number of allylic oxidation sites excluding steroid dienone is 8. The van der Waals surface area contributed by atoms with Crippen LogP contribution in [-0.4, -0.2) is 37.2 Å². The first-order valence-corrected chi connectivity index (χ1v) is 24.1. The molecule has 6 heteroatoms. The molecule has 0 aliphatic rings. The maximum Gasteiger partial charge on any atom is 0.306 e. The van der Waals surface area contributed by atoms with Crippen molar-refractivity contribution in [2.45, 2.75) is 245 Å². The lowest BCUT2D eigenvalue weighted by atomic mass is 10.1. The molecule has 0 aromatic heterocycles. The van der Waals surface area contributed by atoms with Gasteiger partial charge in [-0.3, -0.25) is 14.4 Å². The predicted molar refractivity (Wildman–Crippen MR) is 242 cm³/mol. The molecule has 1 atom stereocenters. The van der Waals surface area contributed by atoms with E-state index >= 15 is 0 Å². The summed E-state index contributed by atoms with van der Waals surface area (Å²) in [7, 11) is 0. The molecule has 57 heavy (non-hydrogen) atoms. The maximum absolute atomic E-state index is 12.7. The van der Waals surface area contributed by atoms with E-state index in [1.54, 1.807) is 0 Å². The van der Waals surface area contributed by atoms with E-state index in [9.17, 15) is 14.4 Å². The number of carbonyl (C=O) groups is 3. The van der Waals surface area contributed by atoms with Crippen LogP contribution in [-0.2, 0) is 28.6 Å². The molecule has 0 aliphatic carbocycles. The van der Waals surface area contributed by atoms with Crippen LogP contribution in [0.4, 0.5) is 0 Å². The van der Waals surface area contributed by atoms with Crippen LogP contribution in [0.3, 0.4) is 0 Å². The lowest BCUT2D eigenvalue weighted by Crippen LogP contribution is -2.30. The molecule has 0 saturated carbocycles. The van der Waals surface area contributed by atoms with E-state index in [4.69, 9.17) is 14.2 Å². The van der Waals surface area contributed by atoms with Gasteiger partial charge in [-0.1, -0.05) is 191 Å². The fourth-order valence-corrected chi connectivity index (χ4v) is 6.69. The Morgan fingerprint density at radius 1 is 0.368 bits per heavy atom. The number of unbranched alkanes of at least 4 members (excludes halogenated alkanes) is 24. The van der Waals surface area contributed by atoms with Crippen molar-refractivity contribution in [3.05, 3.63) is 48.6 Å². The summed E-state index contributed by atoms with van der Waals surface area (Å²) in [5.74, 6) is -0.907.